The molecule has 1 atom stereocenters. The van der Waals surface area contributed by atoms with Crippen molar-refractivity contribution < 1.29 is 9.53 Å². The van der Waals surface area contributed by atoms with Crippen molar-refractivity contribution in [2.45, 2.75) is 19.0 Å². The molecule has 1 amide bonds. The Labute approximate surface area is 101 Å². The van der Waals surface area contributed by atoms with E-state index in [1.165, 1.54) is 0 Å². The summed E-state index contributed by atoms with van der Waals surface area (Å²) in [4.78, 5) is 13.5. The first kappa shape index (κ1) is 13.7. The van der Waals surface area contributed by atoms with E-state index in [-0.39, 0.29) is 5.91 Å². The van der Waals surface area contributed by atoms with Gasteiger partial charge in [-0.1, -0.05) is 0 Å². The molecule has 6 nitrogen and oxygen atoms in total. The molecule has 0 bridgehead atoms. The molecule has 0 saturated heterocycles. The summed E-state index contributed by atoms with van der Waals surface area (Å²) in [5, 5.41) is 4.05. The lowest BCUT2D eigenvalue weighted by Crippen LogP contribution is -2.41. The summed E-state index contributed by atoms with van der Waals surface area (Å²) in [7, 11) is 5.17. The average Bonchev–Trinajstić information content (AvgIpc) is 2.70. The number of carbonyl (C=O) groups is 1. The largest absolute Gasteiger partial charge is 0.385 e. The topological polar surface area (TPSA) is 73.4 Å². The molecule has 1 aromatic heterocycles. The number of ether oxygens (including phenoxy) is 1. The molecule has 0 aliphatic heterocycles. The lowest BCUT2D eigenvalue weighted by molar-refractivity contribution is -0.132. The average molecular weight is 240 g/mol. The highest BCUT2D eigenvalue weighted by atomic mass is 16.5. The summed E-state index contributed by atoms with van der Waals surface area (Å²) in [5.74, 6) is -0.0779. The number of aryl methyl sites for hydroxylation is 1. The number of hydrogen-bond donors (Lipinski definition) is 1. The van der Waals surface area contributed by atoms with Crippen molar-refractivity contribution in [1.82, 2.24) is 14.7 Å². The molecule has 0 spiro atoms. The molecule has 0 aliphatic rings. The van der Waals surface area contributed by atoms with Gasteiger partial charge in [-0.25, -0.2) is 0 Å². The van der Waals surface area contributed by atoms with Crippen LogP contribution in [0.4, 0.5) is 0 Å². The summed E-state index contributed by atoms with van der Waals surface area (Å²) in [5.41, 5.74) is 6.76. The van der Waals surface area contributed by atoms with Gasteiger partial charge in [-0.15, -0.1) is 0 Å². The Balaban J connectivity index is 2.46. The van der Waals surface area contributed by atoms with Crippen LogP contribution in [-0.2, 0) is 23.1 Å². The molecule has 0 saturated carbocycles. The zero-order chi connectivity index (χ0) is 12.8. The van der Waals surface area contributed by atoms with Crippen molar-refractivity contribution in [3.8, 4) is 0 Å². The van der Waals surface area contributed by atoms with Crippen LogP contribution in [0, 0.1) is 0 Å². The van der Waals surface area contributed by atoms with Gasteiger partial charge in [0.05, 0.1) is 12.2 Å². The SMILES string of the molecule is COCCC(N)C(=O)N(C)Cc1cnn(C)c1. The monoisotopic (exact) mass is 240 g/mol. The fraction of sp³-hybridized carbons (Fsp3) is 0.636. The number of carbonyl (C=O) groups excluding carboxylic acids is 1. The van der Waals surface area contributed by atoms with Gasteiger partial charge < -0.3 is 15.4 Å². The number of amides is 1. The molecule has 1 heterocycles. The molecule has 1 aromatic rings. The lowest BCUT2D eigenvalue weighted by Gasteiger charge is -2.20. The summed E-state index contributed by atoms with van der Waals surface area (Å²) in [6.07, 6.45) is 4.15. The molecule has 96 valence electrons. The molecular formula is C11H20N4O2. The predicted octanol–water partition coefficient (Wildman–Crippen LogP) is -0.258. The van der Waals surface area contributed by atoms with E-state index in [2.05, 4.69) is 5.10 Å². The van der Waals surface area contributed by atoms with Crippen LogP contribution in [0.25, 0.3) is 0 Å². The maximum atomic E-state index is 11.9. The second kappa shape index (κ2) is 6.36. The zero-order valence-electron chi connectivity index (χ0n) is 10.6. The van der Waals surface area contributed by atoms with E-state index in [1.54, 1.807) is 29.9 Å². The molecule has 2 N–H and O–H groups in total. The van der Waals surface area contributed by atoms with Crippen LogP contribution in [0.15, 0.2) is 12.4 Å². The van der Waals surface area contributed by atoms with Crippen molar-refractivity contribution in [2.75, 3.05) is 20.8 Å². The van der Waals surface area contributed by atoms with Crippen molar-refractivity contribution in [1.29, 1.82) is 0 Å². The van der Waals surface area contributed by atoms with Crippen molar-refractivity contribution >= 4 is 5.91 Å². The normalized spacial score (nSPS) is 12.5. The summed E-state index contributed by atoms with van der Waals surface area (Å²) in [6, 6.07) is -0.503. The summed E-state index contributed by atoms with van der Waals surface area (Å²) >= 11 is 0. The fourth-order valence-electron chi connectivity index (χ4n) is 1.56. The minimum absolute atomic E-state index is 0.0779. The lowest BCUT2D eigenvalue weighted by atomic mass is 10.2. The van der Waals surface area contributed by atoms with Gasteiger partial charge in [0.2, 0.25) is 5.91 Å². The van der Waals surface area contributed by atoms with E-state index in [1.807, 2.05) is 13.2 Å². The van der Waals surface area contributed by atoms with Gasteiger partial charge in [0.15, 0.2) is 0 Å². The number of hydrogen-bond acceptors (Lipinski definition) is 4. The first-order valence-electron chi connectivity index (χ1n) is 5.51. The fourth-order valence-corrected chi connectivity index (χ4v) is 1.56. The molecule has 1 rings (SSSR count). The Kier molecular flexibility index (Phi) is 5.11. The highest BCUT2D eigenvalue weighted by Gasteiger charge is 2.18. The first-order valence-corrected chi connectivity index (χ1v) is 5.51. The van der Waals surface area contributed by atoms with Crippen molar-refractivity contribution in [3.05, 3.63) is 18.0 Å². The second-order valence-electron chi connectivity index (χ2n) is 4.10. The smallest absolute Gasteiger partial charge is 0.239 e. The number of nitrogens with two attached hydrogens (primary N) is 1. The maximum Gasteiger partial charge on any atom is 0.239 e. The van der Waals surface area contributed by atoms with E-state index in [4.69, 9.17) is 10.5 Å². The Morgan fingerprint density at radius 3 is 2.94 bits per heavy atom. The number of rotatable bonds is 6. The highest BCUT2D eigenvalue weighted by Crippen LogP contribution is 2.03. The Hall–Kier alpha value is -1.40. The maximum absolute atomic E-state index is 11.9. The van der Waals surface area contributed by atoms with E-state index in [9.17, 15) is 4.79 Å². The molecule has 6 heteroatoms. The first-order chi connectivity index (χ1) is 8.04. The van der Waals surface area contributed by atoms with Crippen LogP contribution in [0.5, 0.6) is 0 Å². The third kappa shape index (κ3) is 4.16. The quantitative estimate of drug-likeness (QED) is 0.743. The second-order valence-corrected chi connectivity index (χ2v) is 4.10. The zero-order valence-corrected chi connectivity index (χ0v) is 10.6. The van der Waals surface area contributed by atoms with Gasteiger partial charge in [0, 0.05) is 46.1 Å². The van der Waals surface area contributed by atoms with Gasteiger partial charge in [-0.2, -0.15) is 5.10 Å². The minimum Gasteiger partial charge on any atom is -0.385 e. The number of aromatic nitrogens is 2. The van der Waals surface area contributed by atoms with E-state index < -0.39 is 6.04 Å². The summed E-state index contributed by atoms with van der Waals surface area (Å²) in [6.45, 7) is 1.01. The minimum atomic E-state index is -0.503. The van der Waals surface area contributed by atoms with Crippen LogP contribution >= 0.6 is 0 Å². The summed E-state index contributed by atoms with van der Waals surface area (Å²) < 4.78 is 6.61. The third-order valence-electron chi connectivity index (χ3n) is 2.50. The van der Waals surface area contributed by atoms with Crippen LogP contribution in [0.1, 0.15) is 12.0 Å². The number of likely N-dealkylation sites (N-methyl/N-ethyl adjacent to an activating group) is 1. The third-order valence-corrected chi connectivity index (χ3v) is 2.50. The highest BCUT2D eigenvalue weighted by molar-refractivity contribution is 5.81. The Morgan fingerprint density at radius 2 is 2.41 bits per heavy atom. The predicted molar refractivity (Wildman–Crippen MR) is 64.2 cm³/mol. The van der Waals surface area contributed by atoms with Crippen LogP contribution in [0.2, 0.25) is 0 Å². The van der Waals surface area contributed by atoms with Crippen LogP contribution < -0.4 is 5.73 Å². The van der Waals surface area contributed by atoms with Gasteiger partial charge in [0.25, 0.3) is 0 Å². The molecule has 1 unspecified atom stereocenters. The number of nitrogens with zero attached hydrogens (tertiary/aromatic N) is 3. The van der Waals surface area contributed by atoms with Crippen molar-refractivity contribution in [2.24, 2.45) is 12.8 Å². The molecule has 0 radical (unpaired) electrons. The standard InChI is InChI=1S/C11H20N4O2/c1-14(7-9-6-13-15(2)8-9)11(16)10(12)4-5-17-3/h6,8,10H,4-5,7,12H2,1-3H3. The Bertz CT molecular complexity index is 364. The van der Waals surface area contributed by atoms with Crippen LogP contribution in [-0.4, -0.2) is 47.4 Å². The van der Waals surface area contributed by atoms with Gasteiger partial charge in [-0.3, -0.25) is 9.48 Å². The van der Waals surface area contributed by atoms with Gasteiger partial charge >= 0.3 is 0 Å². The molecule has 0 aliphatic carbocycles. The molecule has 0 aromatic carbocycles. The Morgan fingerprint density at radius 1 is 1.71 bits per heavy atom. The van der Waals surface area contributed by atoms with E-state index >= 15 is 0 Å². The number of methoxy groups -OCH3 is 1. The van der Waals surface area contributed by atoms with E-state index in [0.29, 0.717) is 19.6 Å². The molecule has 17 heavy (non-hydrogen) atoms. The van der Waals surface area contributed by atoms with Gasteiger partial charge in [0.1, 0.15) is 0 Å². The van der Waals surface area contributed by atoms with E-state index in [0.717, 1.165) is 5.56 Å². The molecule has 0 fully saturated rings. The molecular weight excluding hydrogens is 220 g/mol. The van der Waals surface area contributed by atoms with Crippen molar-refractivity contribution in [3.63, 3.8) is 0 Å². The van der Waals surface area contributed by atoms with Gasteiger partial charge in [-0.05, 0) is 6.42 Å². The van der Waals surface area contributed by atoms with Crippen LogP contribution in [0.3, 0.4) is 0 Å².